The lowest BCUT2D eigenvalue weighted by molar-refractivity contribution is 0.983. The molecule has 3 rings (SSSR count). The Labute approximate surface area is 135 Å². The van der Waals surface area contributed by atoms with Crippen molar-refractivity contribution >= 4 is 21.9 Å². The quantitative estimate of drug-likeness (QED) is 0.653. The van der Waals surface area contributed by atoms with Gasteiger partial charge in [0, 0.05) is 35.2 Å². The van der Waals surface area contributed by atoms with E-state index in [4.69, 9.17) is 0 Å². The van der Waals surface area contributed by atoms with E-state index in [9.17, 15) is 4.79 Å². The lowest BCUT2D eigenvalue weighted by Crippen LogP contribution is -2.07. The summed E-state index contributed by atoms with van der Waals surface area (Å²) in [6.07, 6.45) is 5.84. The van der Waals surface area contributed by atoms with E-state index in [1.807, 2.05) is 12.1 Å². The number of hydrogen-bond donors (Lipinski definition) is 3. The Hall–Kier alpha value is -2.41. The van der Waals surface area contributed by atoms with Crippen LogP contribution in [0.3, 0.4) is 0 Å². The van der Waals surface area contributed by atoms with Gasteiger partial charge in [0.25, 0.3) is 0 Å². The van der Waals surface area contributed by atoms with Crippen LogP contribution in [0.15, 0.2) is 52.1 Å². The van der Waals surface area contributed by atoms with Gasteiger partial charge in [-0.25, -0.2) is 14.8 Å². The molecule has 0 bridgehead atoms. The Kier molecular flexibility index (Phi) is 4.34. The number of benzene rings is 1. The third-order valence-corrected chi connectivity index (χ3v) is 3.70. The largest absolute Gasteiger partial charge is 0.354 e. The van der Waals surface area contributed by atoms with Gasteiger partial charge < -0.3 is 15.3 Å². The first-order valence-electron chi connectivity index (χ1n) is 6.79. The third-order valence-electron chi connectivity index (χ3n) is 3.17. The van der Waals surface area contributed by atoms with Crippen molar-refractivity contribution in [3.05, 3.63) is 63.4 Å². The zero-order valence-electron chi connectivity index (χ0n) is 11.6. The van der Waals surface area contributed by atoms with Crippen molar-refractivity contribution in [3.63, 3.8) is 0 Å². The number of anilines is 1. The molecule has 6 nitrogen and oxygen atoms in total. The predicted molar refractivity (Wildman–Crippen MR) is 88.8 cm³/mol. The third kappa shape index (κ3) is 3.62. The molecule has 2 heterocycles. The Balaban J connectivity index is 1.57. The van der Waals surface area contributed by atoms with Crippen molar-refractivity contribution < 1.29 is 0 Å². The molecule has 0 amide bonds. The highest BCUT2D eigenvalue weighted by Crippen LogP contribution is 2.13. The van der Waals surface area contributed by atoms with Crippen molar-refractivity contribution in [2.45, 2.75) is 6.42 Å². The summed E-state index contributed by atoms with van der Waals surface area (Å²) in [6.45, 7) is 0.752. The van der Waals surface area contributed by atoms with E-state index in [0.29, 0.717) is 11.6 Å². The zero-order valence-corrected chi connectivity index (χ0v) is 13.2. The maximum absolute atomic E-state index is 11.1. The van der Waals surface area contributed by atoms with Crippen LogP contribution in [0, 0.1) is 0 Å². The van der Waals surface area contributed by atoms with Gasteiger partial charge in [-0.3, -0.25) is 0 Å². The number of hydrogen-bond acceptors (Lipinski definition) is 4. The Morgan fingerprint density at radius 3 is 2.50 bits per heavy atom. The molecule has 0 aliphatic heterocycles. The second-order valence-electron chi connectivity index (χ2n) is 4.76. The molecule has 0 atom stereocenters. The average molecular weight is 360 g/mol. The van der Waals surface area contributed by atoms with E-state index in [1.54, 1.807) is 18.6 Å². The second kappa shape index (κ2) is 6.57. The molecule has 0 aliphatic carbocycles. The maximum atomic E-state index is 11.1. The number of imidazole rings is 1. The SMILES string of the molecule is O=c1[nH]cc(-c2cnc(NCCc3ccc(Br)cc3)nc2)[nH]1. The molecule has 3 N–H and O–H groups in total. The van der Waals surface area contributed by atoms with Crippen LogP contribution in [-0.2, 0) is 6.42 Å². The molecule has 0 fully saturated rings. The molecule has 0 spiro atoms. The van der Waals surface area contributed by atoms with Crippen LogP contribution in [0.4, 0.5) is 5.95 Å². The highest BCUT2D eigenvalue weighted by molar-refractivity contribution is 9.10. The summed E-state index contributed by atoms with van der Waals surface area (Å²) in [4.78, 5) is 24.8. The number of rotatable bonds is 5. The monoisotopic (exact) mass is 359 g/mol. The van der Waals surface area contributed by atoms with Crippen LogP contribution < -0.4 is 11.0 Å². The van der Waals surface area contributed by atoms with E-state index in [2.05, 4.69) is 53.3 Å². The molecule has 0 unspecified atom stereocenters. The molecule has 22 heavy (non-hydrogen) atoms. The van der Waals surface area contributed by atoms with Crippen LogP contribution in [0.5, 0.6) is 0 Å². The standard InChI is InChI=1S/C15H14BrN5O/c16-12-3-1-10(2-4-12)5-6-17-14-18-7-11(8-19-14)13-9-20-15(22)21-13/h1-4,7-9H,5-6H2,(H,17,18,19)(H2,20,21,22). The van der Waals surface area contributed by atoms with Crippen molar-refractivity contribution in [2.24, 2.45) is 0 Å². The lowest BCUT2D eigenvalue weighted by Gasteiger charge is -2.05. The molecule has 0 radical (unpaired) electrons. The van der Waals surface area contributed by atoms with E-state index < -0.39 is 0 Å². The zero-order chi connectivity index (χ0) is 15.4. The first-order valence-corrected chi connectivity index (χ1v) is 7.58. The molecule has 0 saturated heterocycles. The summed E-state index contributed by atoms with van der Waals surface area (Å²) in [7, 11) is 0. The smallest absolute Gasteiger partial charge is 0.323 e. The molecule has 0 aliphatic rings. The van der Waals surface area contributed by atoms with Gasteiger partial charge in [0.1, 0.15) is 0 Å². The Morgan fingerprint density at radius 2 is 1.86 bits per heavy atom. The summed E-state index contributed by atoms with van der Waals surface area (Å²) < 4.78 is 1.07. The minimum absolute atomic E-state index is 0.244. The fourth-order valence-corrected chi connectivity index (χ4v) is 2.28. The number of nitrogens with one attached hydrogen (secondary N) is 3. The number of halogens is 1. The minimum Gasteiger partial charge on any atom is -0.354 e. The van der Waals surface area contributed by atoms with E-state index >= 15 is 0 Å². The number of aromatic amines is 2. The Bertz CT molecular complexity index is 792. The number of aromatic nitrogens is 4. The van der Waals surface area contributed by atoms with Gasteiger partial charge in [-0.05, 0) is 24.1 Å². The van der Waals surface area contributed by atoms with E-state index in [0.717, 1.165) is 23.0 Å². The van der Waals surface area contributed by atoms with Crippen molar-refractivity contribution in [3.8, 4) is 11.3 Å². The van der Waals surface area contributed by atoms with E-state index in [1.165, 1.54) is 5.56 Å². The maximum Gasteiger partial charge on any atom is 0.323 e. The summed E-state index contributed by atoms with van der Waals surface area (Å²) >= 11 is 3.42. The molecule has 112 valence electrons. The van der Waals surface area contributed by atoms with Gasteiger partial charge in [-0.2, -0.15) is 0 Å². The van der Waals surface area contributed by atoms with Gasteiger partial charge >= 0.3 is 5.69 Å². The molecule has 2 aromatic heterocycles. The molecule has 0 saturated carbocycles. The van der Waals surface area contributed by atoms with E-state index in [-0.39, 0.29) is 5.69 Å². The summed E-state index contributed by atoms with van der Waals surface area (Å²) in [5, 5.41) is 3.18. The van der Waals surface area contributed by atoms with Crippen LogP contribution >= 0.6 is 15.9 Å². The topological polar surface area (TPSA) is 86.5 Å². The van der Waals surface area contributed by atoms with Gasteiger partial charge in [-0.1, -0.05) is 28.1 Å². The van der Waals surface area contributed by atoms with Crippen molar-refractivity contribution in [1.82, 2.24) is 19.9 Å². The van der Waals surface area contributed by atoms with Crippen LogP contribution in [-0.4, -0.2) is 26.5 Å². The van der Waals surface area contributed by atoms with Crippen LogP contribution in [0.2, 0.25) is 0 Å². The van der Waals surface area contributed by atoms with Gasteiger partial charge in [-0.15, -0.1) is 0 Å². The van der Waals surface area contributed by atoms with Gasteiger partial charge in [0.05, 0.1) is 5.69 Å². The van der Waals surface area contributed by atoms with Crippen LogP contribution in [0.1, 0.15) is 5.56 Å². The van der Waals surface area contributed by atoms with Crippen molar-refractivity contribution in [2.75, 3.05) is 11.9 Å². The number of nitrogens with zero attached hydrogens (tertiary/aromatic N) is 2. The molecule has 3 aromatic rings. The predicted octanol–water partition coefficient (Wildman–Crippen LogP) is 2.58. The molecule has 1 aromatic carbocycles. The first-order chi connectivity index (χ1) is 10.7. The van der Waals surface area contributed by atoms with Crippen LogP contribution in [0.25, 0.3) is 11.3 Å². The van der Waals surface area contributed by atoms with Crippen molar-refractivity contribution in [1.29, 1.82) is 0 Å². The highest BCUT2D eigenvalue weighted by Gasteiger charge is 2.02. The second-order valence-corrected chi connectivity index (χ2v) is 5.67. The minimum atomic E-state index is -0.244. The molecular formula is C15H14BrN5O. The summed E-state index contributed by atoms with van der Waals surface area (Å²) in [5.74, 6) is 0.568. The number of H-pyrrole nitrogens is 2. The fraction of sp³-hybridized carbons (Fsp3) is 0.133. The summed E-state index contributed by atoms with van der Waals surface area (Å²) in [5.41, 5.74) is 2.44. The van der Waals surface area contributed by atoms with Gasteiger partial charge in [0.15, 0.2) is 0 Å². The summed E-state index contributed by atoms with van der Waals surface area (Å²) in [6, 6.07) is 8.21. The highest BCUT2D eigenvalue weighted by atomic mass is 79.9. The van der Waals surface area contributed by atoms with Gasteiger partial charge in [0.2, 0.25) is 5.95 Å². The fourth-order valence-electron chi connectivity index (χ4n) is 2.02. The molecule has 7 heteroatoms. The average Bonchev–Trinajstić information content (AvgIpc) is 2.97. The first kappa shape index (κ1) is 14.5. The normalized spacial score (nSPS) is 10.6. The Morgan fingerprint density at radius 1 is 1.14 bits per heavy atom. The lowest BCUT2D eigenvalue weighted by atomic mass is 10.1. The molecular weight excluding hydrogens is 346 g/mol.